The Morgan fingerprint density at radius 3 is 2.54 bits per heavy atom. The van der Waals surface area contributed by atoms with Gasteiger partial charge < -0.3 is 28.5 Å². The van der Waals surface area contributed by atoms with Crippen molar-refractivity contribution in [3.63, 3.8) is 0 Å². The Labute approximate surface area is 160 Å². The molecule has 7 nitrogen and oxygen atoms in total. The first-order valence-corrected chi connectivity index (χ1v) is 8.91. The molecular weight excluding hydrogens is 405 g/mol. The number of methoxy groups -OCH3 is 3. The van der Waals surface area contributed by atoms with Crippen molar-refractivity contribution < 1.29 is 46.4 Å². The summed E-state index contributed by atoms with van der Waals surface area (Å²) in [5.74, 6) is -1.49. The third kappa shape index (κ3) is 2.20. The second-order valence-corrected chi connectivity index (χ2v) is 7.78. The highest BCUT2D eigenvalue weighted by atomic mass is 32.2. The number of hydrogen-bond donors (Lipinski definition) is 1. The van der Waals surface area contributed by atoms with Crippen molar-refractivity contribution >= 4 is 28.7 Å². The van der Waals surface area contributed by atoms with Gasteiger partial charge in [0.15, 0.2) is 11.3 Å². The first-order chi connectivity index (χ1) is 13.1. The van der Waals surface area contributed by atoms with E-state index >= 15 is 0 Å². The SMILES string of the molecule is COC(=O)[C@H]1S[C@@]2(C(F)(F)F)C[C@@]1(O)c1c(c(OC)c3occc3c1OC)O2. The van der Waals surface area contributed by atoms with Crippen molar-refractivity contribution in [1.82, 2.24) is 0 Å². The molecule has 1 fully saturated rings. The van der Waals surface area contributed by atoms with E-state index in [-0.39, 0.29) is 40.2 Å². The number of esters is 1. The Bertz CT molecular complexity index is 972. The van der Waals surface area contributed by atoms with Crippen molar-refractivity contribution in [3.05, 3.63) is 17.9 Å². The fourth-order valence-corrected chi connectivity index (χ4v) is 5.34. The van der Waals surface area contributed by atoms with Gasteiger partial charge in [0.05, 0.1) is 38.5 Å². The average molecular weight is 420 g/mol. The molecule has 3 heterocycles. The smallest absolute Gasteiger partial charge is 0.438 e. The largest absolute Gasteiger partial charge is 0.495 e. The summed E-state index contributed by atoms with van der Waals surface area (Å²) < 4.78 is 68.0. The van der Waals surface area contributed by atoms with Crippen LogP contribution in [0.25, 0.3) is 11.0 Å². The summed E-state index contributed by atoms with van der Waals surface area (Å²) >= 11 is 0.158. The van der Waals surface area contributed by atoms with Gasteiger partial charge in [0.25, 0.3) is 4.93 Å². The van der Waals surface area contributed by atoms with Crippen LogP contribution in [0, 0.1) is 0 Å². The van der Waals surface area contributed by atoms with E-state index in [0.717, 1.165) is 7.11 Å². The molecule has 28 heavy (non-hydrogen) atoms. The summed E-state index contributed by atoms with van der Waals surface area (Å²) in [6.07, 6.45) is -4.51. The van der Waals surface area contributed by atoms with E-state index in [2.05, 4.69) is 4.74 Å². The molecule has 0 saturated carbocycles. The number of ether oxygens (including phenoxy) is 4. The van der Waals surface area contributed by atoms with Gasteiger partial charge in [-0.05, 0) is 6.07 Å². The van der Waals surface area contributed by atoms with Crippen LogP contribution in [0.5, 0.6) is 17.2 Å². The van der Waals surface area contributed by atoms with E-state index in [1.165, 1.54) is 26.5 Å². The molecule has 2 aliphatic rings. The minimum Gasteiger partial charge on any atom is -0.495 e. The van der Waals surface area contributed by atoms with Crippen molar-refractivity contribution in [2.75, 3.05) is 21.3 Å². The third-order valence-electron chi connectivity index (χ3n) is 4.98. The molecule has 152 valence electrons. The molecule has 11 heteroatoms. The molecule has 0 unspecified atom stereocenters. The van der Waals surface area contributed by atoms with Crippen molar-refractivity contribution in [3.8, 4) is 17.2 Å². The zero-order chi connectivity index (χ0) is 20.5. The summed E-state index contributed by atoms with van der Waals surface area (Å²) in [7, 11) is 3.56. The van der Waals surface area contributed by atoms with E-state index < -0.39 is 34.4 Å². The summed E-state index contributed by atoms with van der Waals surface area (Å²) in [5.41, 5.74) is -2.29. The Kier molecular flexibility index (Phi) is 3.99. The zero-order valence-corrected chi connectivity index (χ0v) is 15.7. The predicted molar refractivity (Wildman–Crippen MR) is 90.6 cm³/mol. The average Bonchev–Trinajstić information content (AvgIpc) is 3.20. The number of benzene rings is 1. The Morgan fingerprint density at radius 2 is 1.96 bits per heavy atom. The molecule has 4 rings (SSSR count). The molecule has 2 aliphatic heterocycles. The van der Waals surface area contributed by atoms with E-state index in [4.69, 9.17) is 18.6 Å². The monoisotopic (exact) mass is 420 g/mol. The number of rotatable bonds is 3. The summed E-state index contributed by atoms with van der Waals surface area (Å²) in [6.45, 7) is 0. The molecule has 0 amide bonds. The van der Waals surface area contributed by atoms with Crippen molar-refractivity contribution in [1.29, 1.82) is 0 Å². The van der Waals surface area contributed by atoms with Crippen LogP contribution >= 0.6 is 11.8 Å². The number of alkyl halides is 3. The minimum atomic E-state index is -4.90. The van der Waals surface area contributed by atoms with Crippen LogP contribution in [0.4, 0.5) is 13.2 Å². The van der Waals surface area contributed by atoms with E-state index in [0.29, 0.717) is 5.39 Å². The fourth-order valence-electron chi connectivity index (χ4n) is 3.80. The number of halogens is 3. The van der Waals surface area contributed by atoms with Crippen molar-refractivity contribution in [2.24, 2.45) is 0 Å². The summed E-state index contributed by atoms with van der Waals surface area (Å²) in [4.78, 5) is 9.42. The lowest BCUT2D eigenvalue weighted by molar-refractivity contribution is -0.227. The summed E-state index contributed by atoms with van der Waals surface area (Å²) in [6, 6.07) is 1.52. The maximum absolute atomic E-state index is 14.0. The molecule has 0 radical (unpaired) electrons. The Hall–Kier alpha value is -2.27. The van der Waals surface area contributed by atoms with Gasteiger partial charge in [-0.1, -0.05) is 11.8 Å². The maximum Gasteiger partial charge on any atom is 0.438 e. The van der Waals surface area contributed by atoms with Crippen LogP contribution in [0.2, 0.25) is 0 Å². The number of fused-ring (bicyclic) bond motifs is 5. The highest BCUT2D eigenvalue weighted by molar-refractivity contribution is 8.02. The van der Waals surface area contributed by atoms with Crippen LogP contribution < -0.4 is 14.2 Å². The normalized spacial score (nSPS) is 28.6. The van der Waals surface area contributed by atoms with Gasteiger partial charge in [0.2, 0.25) is 5.75 Å². The third-order valence-corrected chi connectivity index (χ3v) is 6.63. The topological polar surface area (TPSA) is 87.4 Å². The number of hydrogen-bond acceptors (Lipinski definition) is 8. The van der Waals surface area contributed by atoms with Crippen molar-refractivity contribution in [2.45, 2.75) is 28.4 Å². The molecule has 1 aromatic carbocycles. The van der Waals surface area contributed by atoms with Gasteiger partial charge in [0.1, 0.15) is 16.6 Å². The molecule has 0 aliphatic carbocycles. The number of furan rings is 1. The predicted octanol–water partition coefficient (Wildman–Crippen LogP) is 2.97. The van der Waals surface area contributed by atoms with Gasteiger partial charge in [-0.3, -0.25) is 4.79 Å². The van der Waals surface area contributed by atoms with Crippen LogP contribution in [-0.2, 0) is 15.1 Å². The van der Waals surface area contributed by atoms with Gasteiger partial charge in [-0.25, -0.2) is 0 Å². The lowest BCUT2D eigenvalue weighted by Gasteiger charge is -2.39. The van der Waals surface area contributed by atoms with Crippen LogP contribution in [0.15, 0.2) is 16.7 Å². The van der Waals surface area contributed by atoms with E-state index in [9.17, 15) is 23.1 Å². The first-order valence-electron chi connectivity index (χ1n) is 8.03. The molecule has 2 aromatic rings. The van der Waals surface area contributed by atoms with E-state index in [1.54, 1.807) is 0 Å². The lowest BCUT2D eigenvalue weighted by atomic mass is 9.80. The molecular formula is C17H15F3O7S. The highest BCUT2D eigenvalue weighted by Gasteiger charge is 2.75. The summed E-state index contributed by atoms with van der Waals surface area (Å²) in [5, 5.41) is 10.2. The van der Waals surface area contributed by atoms with Gasteiger partial charge in [-0.15, -0.1) is 0 Å². The second kappa shape index (κ2) is 5.86. The van der Waals surface area contributed by atoms with E-state index in [1.807, 2.05) is 0 Å². The quantitative estimate of drug-likeness (QED) is 0.759. The number of thioether (sulfide) groups is 1. The molecule has 3 atom stereocenters. The fraction of sp³-hybridized carbons (Fsp3) is 0.471. The number of aliphatic hydroxyl groups is 1. The van der Waals surface area contributed by atoms with Gasteiger partial charge in [-0.2, -0.15) is 13.2 Å². The molecule has 1 N–H and O–H groups in total. The molecule has 2 bridgehead atoms. The van der Waals surface area contributed by atoms with Gasteiger partial charge >= 0.3 is 12.1 Å². The standard InChI is InChI=1S/C17H15F3O7S/c1-23-9-7-4-5-26-10(7)12(24-2)11-8(9)15(22)6-16(27-11,17(18,19)20)28-13(15)14(21)25-3/h4-5,13,22H,6H2,1-3H3/t13-,15-,16-/m1/s1. The van der Waals surface area contributed by atoms with Gasteiger partial charge in [0, 0.05) is 6.42 Å². The zero-order valence-electron chi connectivity index (χ0n) is 14.9. The molecule has 1 saturated heterocycles. The second-order valence-electron chi connectivity index (χ2n) is 6.41. The lowest BCUT2D eigenvalue weighted by Crippen LogP contribution is -2.50. The Balaban J connectivity index is 2.11. The van der Waals surface area contributed by atoms with Crippen LogP contribution in [-0.4, -0.2) is 48.8 Å². The van der Waals surface area contributed by atoms with Crippen LogP contribution in [0.3, 0.4) is 0 Å². The maximum atomic E-state index is 14.0. The molecule has 0 spiro atoms. The van der Waals surface area contributed by atoms with Crippen LogP contribution in [0.1, 0.15) is 12.0 Å². The Morgan fingerprint density at radius 1 is 1.29 bits per heavy atom. The minimum absolute atomic E-state index is 0.0363. The number of carbonyl (C=O) groups excluding carboxylic acids is 1. The first kappa shape index (κ1) is 19.1. The number of carbonyl (C=O) groups is 1. The highest BCUT2D eigenvalue weighted by Crippen LogP contribution is 2.68. The molecule has 1 aromatic heterocycles.